The molecule has 180 valence electrons. The van der Waals surface area contributed by atoms with E-state index >= 15 is 0 Å². The van der Waals surface area contributed by atoms with Gasteiger partial charge >= 0.3 is 32.0 Å². The maximum atomic E-state index is 13.0. The van der Waals surface area contributed by atoms with Crippen molar-refractivity contribution in [1.29, 1.82) is 0 Å². The smallest absolute Gasteiger partial charge is 0.328 e. The van der Waals surface area contributed by atoms with Gasteiger partial charge in [0.2, 0.25) is 0 Å². The molecule has 20 heteroatoms. The summed E-state index contributed by atoms with van der Waals surface area (Å²) in [5.74, 6) is -0.721. The molecule has 0 amide bonds. The third-order valence-corrected chi connectivity index (χ3v) is 3.99. The zero-order chi connectivity index (χ0) is 25.9. The van der Waals surface area contributed by atoms with Gasteiger partial charge in [0, 0.05) is 16.8 Å². The number of pyridine rings is 1. The molecular weight excluding hydrogens is 540 g/mol. The van der Waals surface area contributed by atoms with Crippen LogP contribution in [0, 0.1) is 20.2 Å². The van der Waals surface area contributed by atoms with Gasteiger partial charge in [0.15, 0.2) is 5.69 Å². The maximum absolute atomic E-state index is 13.0. The molecule has 0 spiro atoms. The van der Waals surface area contributed by atoms with Crippen molar-refractivity contribution in [2.75, 3.05) is 5.32 Å². The molecule has 1 aromatic carbocycles. The van der Waals surface area contributed by atoms with Gasteiger partial charge in [0.1, 0.15) is 10.8 Å². The summed E-state index contributed by atoms with van der Waals surface area (Å²) in [7, 11) is -2.87. The van der Waals surface area contributed by atoms with E-state index in [-0.39, 0.29) is 12.3 Å². The summed E-state index contributed by atoms with van der Waals surface area (Å²) in [5.41, 5.74) is -7.26. The molecule has 0 aliphatic heterocycles. The van der Waals surface area contributed by atoms with Crippen molar-refractivity contribution in [3.8, 4) is 0 Å². The first kappa shape index (κ1) is 28.2. The van der Waals surface area contributed by atoms with Crippen LogP contribution < -0.4 is 5.32 Å². The Labute approximate surface area is 187 Å². The number of hydrogen-bond acceptors (Lipinski definition) is 7. The van der Waals surface area contributed by atoms with Crippen molar-refractivity contribution in [3.05, 3.63) is 59.7 Å². The number of hydrogen-bond donors (Lipinski definition) is 3. The summed E-state index contributed by atoms with van der Waals surface area (Å²) < 4.78 is 85.7. The van der Waals surface area contributed by atoms with Gasteiger partial charge in [0.05, 0.1) is 26.0 Å². The van der Waals surface area contributed by atoms with Crippen molar-refractivity contribution in [2.45, 2.75) is 12.4 Å². The summed E-state index contributed by atoms with van der Waals surface area (Å²) in [6, 6.07) is 0.301. The van der Waals surface area contributed by atoms with Gasteiger partial charge in [-0.05, 0) is 6.07 Å². The fourth-order valence-electron chi connectivity index (χ4n) is 2.08. The molecule has 0 bridgehead atoms. The highest BCUT2D eigenvalue weighted by molar-refractivity contribution is 7.30. The average Bonchev–Trinajstić information content (AvgIpc) is 2.60. The standard InChI is InChI=1S/C13H4Cl2F6N4O4.HO3P/c14-6-1-4(12(16,17)18)3-22-11(6)23-9-7(24(26)27)2-5(13(19,20)21)8(15)10(9)25(28)29;1-4(2)3/h1-3H,(H,22,23);(H-,1,2,3)/p+1. The summed E-state index contributed by atoms with van der Waals surface area (Å²) in [6.07, 6.45) is -9.85. The fraction of sp³-hybridized carbons (Fsp3) is 0.154. The second-order valence-corrected chi connectivity index (χ2v) is 6.71. The molecule has 0 unspecified atom stereocenters. The molecule has 0 saturated heterocycles. The Hall–Kier alpha value is -2.85. The van der Waals surface area contributed by atoms with Crippen molar-refractivity contribution in [2.24, 2.45) is 0 Å². The first-order chi connectivity index (χ1) is 14.9. The van der Waals surface area contributed by atoms with Gasteiger partial charge in [-0.2, -0.15) is 26.3 Å². The first-order valence-corrected chi connectivity index (χ1v) is 9.37. The molecule has 0 saturated carbocycles. The lowest BCUT2D eigenvalue weighted by molar-refractivity contribution is -0.392. The van der Waals surface area contributed by atoms with Gasteiger partial charge < -0.3 is 5.32 Å². The number of nitro groups is 2. The predicted molar refractivity (Wildman–Crippen MR) is 99.3 cm³/mol. The largest absolute Gasteiger partial charge is 0.692 e. The van der Waals surface area contributed by atoms with E-state index in [1.807, 2.05) is 5.32 Å². The lowest BCUT2D eigenvalue weighted by atomic mass is 10.1. The van der Waals surface area contributed by atoms with E-state index in [1.165, 1.54) is 0 Å². The fourth-order valence-corrected chi connectivity index (χ4v) is 2.62. The number of nitrogens with one attached hydrogen (secondary N) is 1. The minimum atomic E-state index is -5.27. The number of alkyl halides is 6. The minimum absolute atomic E-state index is 0.0599. The average molecular weight is 546 g/mol. The molecule has 1 heterocycles. The van der Waals surface area contributed by atoms with Crippen LogP contribution in [0.3, 0.4) is 0 Å². The third-order valence-electron chi connectivity index (χ3n) is 3.31. The van der Waals surface area contributed by atoms with Gasteiger partial charge in [-0.3, -0.25) is 20.2 Å². The molecule has 3 N–H and O–H groups in total. The topological polar surface area (TPSA) is 169 Å². The highest BCUT2D eigenvalue weighted by Gasteiger charge is 2.42. The Balaban J connectivity index is 0.00000125. The Morgan fingerprint density at radius 1 is 1.00 bits per heavy atom. The summed E-state index contributed by atoms with van der Waals surface area (Å²) in [5, 5.41) is 22.1. The van der Waals surface area contributed by atoms with Crippen LogP contribution in [0.25, 0.3) is 0 Å². The van der Waals surface area contributed by atoms with Gasteiger partial charge in [-0.1, -0.05) is 23.2 Å². The molecule has 0 aliphatic rings. The second-order valence-electron chi connectivity index (χ2n) is 5.42. The van der Waals surface area contributed by atoms with Crippen LogP contribution in [0.1, 0.15) is 11.1 Å². The molecule has 0 aliphatic carbocycles. The summed E-state index contributed by atoms with van der Waals surface area (Å²) in [4.78, 5) is 37.1. The van der Waals surface area contributed by atoms with E-state index in [2.05, 4.69) is 4.98 Å². The zero-order valence-corrected chi connectivity index (χ0v) is 17.4. The Morgan fingerprint density at radius 3 is 1.88 bits per heavy atom. The van der Waals surface area contributed by atoms with E-state index in [1.54, 1.807) is 0 Å². The van der Waals surface area contributed by atoms with E-state index in [9.17, 15) is 46.6 Å². The number of halogens is 8. The van der Waals surface area contributed by atoms with Crippen molar-refractivity contribution >= 4 is 54.3 Å². The molecule has 0 fully saturated rings. The normalized spacial score (nSPS) is 11.3. The summed E-state index contributed by atoms with van der Waals surface area (Å²) >= 11 is 11.1. The number of rotatable bonds is 4. The van der Waals surface area contributed by atoms with Gasteiger partial charge in [0.25, 0.3) is 0 Å². The lowest BCUT2D eigenvalue weighted by Crippen LogP contribution is -2.12. The molecular formula is C13H6Cl2F6N4O7P+. The van der Waals surface area contributed by atoms with E-state index in [4.69, 9.17) is 37.6 Å². The molecule has 1 aromatic heterocycles. The SMILES string of the molecule is O=[N+]([O-])c1cc(C(F)(F)F)c(Cl)c([N+](=O)[O-])c1Nc1ncc(C(F)(F)F)cc1Cl.O=[P+](O)O. The quantitative estimate of drug-likeness (QED) is 0.191. The highest BCUT2D eigenvalue weighted by Crippen LogP contribution is 2.48. The highest BCUT2D eigenvalue weighted by atomic mass is 35.5. The van der Waals surface area contributed by atoms with Crippen molar-refractivity contribution in [3.63, 3.8) is 0 Å². The van der Waals surface area contributed by atoms with Crippen molar-refractivity contribution in [1.82, 2.24) is 4.98 Å². The van der Waals surface area contributed by atoms with Crippen LogP contribution in [0.2, 0.25) is 10.0 Å². The zero-order valence-electron chi connectivity index (χ0n) is 15.0. The summed E-state index contributed by atoms with van der Waals surface area (Å²) in [6.45, 7) is 0. The minimum Gasteiger partial charge on any atom is -0.328 e. The molecule has 2 rings (SSSR count). The third kappa shape index (κ3) is 7.33. The van der Waals surface area contributed by atoms with Gasteiger partial charge in [-0.25, -0.2) is 4.98 Å². The second kappa shape index (κ2) is 10.4. The van der Waals surface area contributed by atoms with Crippen LogP contribution in [-0.2, 0) is 16.9 Å². The van der Waals surface area contributed by atoms with E-state index in [0.717, 1.165) is 0 Å². The molecule has 33 heavy (non-hydrogen) atoms. The van der Waals surface area contributed by atoms with E-state index in [0.29, 0.717) is 6.07 Å². The van der Waals surface area contributed by atoms with Crippen molar-refractivity contribution < 1.29 is 50.5 Å². The Morgan fingerprint density at radius 2 is 1.52 bits per heavy atom. The molecule has 11 nitrogen and oxygen atoms in total. The number of nitro benzene ring substituents is 2. The number of anilines is 2. The Bertz CT molecular complexity index is 1110. The van der Waals surface area contributed by atoms with Crippen LogP contribution in [0.4, 0.5) is 49.2 Å². The Kier molecular flexibility index (Phi) is 8.87. The van der Waals surface area contributed by atoms with Crippen LogP contribution in [-0.4, -0.2) is 24.6 Å². The lowest BCUT2D eigenvalue weighted by Gasteiger charge is -2.14. The van der Waals surface area contributed by atoms with Gasteiger partial charge in [-0.15, -0.1) is 9.79 Å². The number of benzene rings is 1. The predicted octanol–water partition coefficient (Wildman–Crippen LogP) is 5.61. The molecule has 0 radical (unpaired) electrons. The maximum Gasteiger partial charge on any atom is 0.692 e. The van der Waals surface area contributed by atoms with Crippen LogP contribution in [0.5, 0.6) is 0 Å². The molecule has 0 atom stereocenters. The monoisotopic (exact) mass is 545 g/mol. The number of nitrogens with zero attached hydrogens (tertiary/aromatic N) is 3. The molecule has 2 aromatic rings. The number of aromatic nitrogens is 1. The first-order valence-electron chi connectivity index (χ1n) is 7.45. The van der Waals surface area contributed by atoms with Crippen LogP contribution in [0.15, 0.2) is 18.3 Å². The van der Waals surface area contributed by atoms with Crippen LogP contribution >= 0.6 is 31.5 Å². The van der Waals surface area contributed by atoms with E-state index < -0.39 is 74.5 Å².